The van der Waals surface area contributed by atoms with E-state index in [1.165, 1.54) is 6.92 Å². The van der Waals surface area contributed by atoms with Crippen molar-refractivity contribution in [2.75, 3.05) is 0 Å². The van der Waals surface area contributed by atoms with Gasteiger partial charge in [-0.2, -0.15) is 0 Å². The molecule has 0 aliphatic rings. The zero-order valence-corrected chi connectivity index (χ0v) is 10.2. The van der Waals surface area contributed by atoms with Crippen LogP contribution in [0, 0.1) is 0 Å². The van der Waals surface area contributed by atoms with Crippen LogP contribution in [0.2, 0.25) is 0 Å². The number of benzene rings is 1. The Morgan fingerprint density at radius 2 is 1.88 bits per heavy atom. The number of hydrogen-bond acceptors (Lipinski definition) is 3. The smallest absolute Gasteiger partial charge is 0.346 e. The van der Waals surface area contributed by atoms with E-state index in [2.05, 4.69) is 15.9 Å². The van der Waals surface area contributed by atoms with E-state index < -0.39 is 22.9 Å². The summed E-state index contributed by atoms with van der Waals surface area (Å²) in [4.78, 5) is 21.2. The topological polar surface area (TPSA) is 63.6 Å². The third-order valence-corrected chi connectivity index (χ3v) is 2.93. The van der Waals surface area contributed by atoms with Crippen LogP contribution < -0.4 is 0 Å². The molecule has 0 fully saturated rings. The molecule has 2 atom stereocenters. The first kappa shape index (κ1) is 12.7. The van der Waals surface area contributed by atoms with E-state index in [1.54, 1.807) is 24.3 Å². The van der Waals surface area contributed by atoms with Gasteiger partial charge in [0.05, 0.1) is 4.83 Å². The fraction of sp³-hybridized carbons (Fsp3) is 0.273. The van der Waals surface area contributed by atoms with Gasteiger partial charge in [0.2, 0.25) is 6.10 Å². The van der Waals surface area contributed by atoms with Crippen LogP contribution in [-0.2, 0) is 14.3 Å². The molecule has 5 heteroatoms. The highest BCUT2D eigenvalue weighted by atomic mass is 79.9. The number of esters is 1. The van der Waals surface area contributed by atoms with Gasteiger partial charge in [-0.1, -0.05) is 46.3 Å². The van der Waals surface area contributed by atoms with Gasteiger partial charge in [0.1, 0.15) is 0 Å². The van der Waals surface area contributed by atoms with Gasteiger partial charge in [0, 0.05) is 6.92 Å². The van der Waals surface area contributed by atoms with E-state index in [0.717, 1.165) is 5.56 Å². The average molecular weight is 287 g/mol. The van der Waals surface area contributed by atoms with E-state index in [0.29, 0.717) is 0 Å². The molecule has 0 saturated carbocycles. The second kappa shape index (κ2) is 5.65. The minimum atomic E-state index is -1.22. The van der Waals surface area contributed by atoms with E-state index in [1.807, 2.05) is 6.07 Å². The van der Waals surface area contributed by atoms with Crippen molar-refractivity contribution < 1.29 is 19.4 Å². The zero-order chi connectivity index (χ0) is 12.1. The van der Waals surface area contributed by atoms with Crippen molar-refractivity contribution >= 4 is 27.9 Å². The lowest BCUT2D eigenvalue weighted by atomic mass is 10.1. The van der Waals surface area contributed by atoms with Gasteiger partial charge in [-0.15, -0.1) is 0 Å². The fourth-order valence-corrected chi connectivity index (χ4v) is 1.87. The molecule has 1 aromatic carbocycles. The molecular formula is C11H11BrO4. The van der Waals surface area contributed by atoms with Gasteiger partial charge in [0.15, 0.2) is 0 Å². The summed E-state index contributed by atoms with van der Waals surface area (Å²) in [6.07, 6.45) is -1.22. The molecule has 1 rings (SSSR count). The van der Waals surface area contributed by atoms with Gasteiger partial charge >= 0.3 is 11.9 Å². The second-order valence-electron chi connectivity index (χ2n) is 3.18. The van der Waals surface area contributed by atoms with Gasteiger partial charge in [-0.3, -0.25) is 4.79 Å². The van der Waals surface area contributed by atoms with Crippen LogP contribution in [0.1, 0.15) is 17.3 Å². The van der Waals surface area contributed by atoms with Gasteiger partial charge in [-0.05, 0) is 5.56 Å². The van der Waals surface area contributed by atoms with Gasteiger partial charge in [0.25, 0.3) is 0 Å². The first-order valence-corrected chi connectivity index (χ1v) is 5.53. The number of halogens is 1. The van der Waals surface area contributed by atoms with Crippen molar-refractivity contribution in [2.24, 2.45) is 0 Å². The number of carbonyl (C=O) groups is 2. The molecule has 0 aromatic heterocycles. The first-order valence-electron chi connectivity index (χ1n) is 4.61. The Morgan fingerprint density at radius 3 is 2.31 bits per heavy atom. The van der Waals surface area contributed by atoms with Crippen LogP contribution in [0.4, 0.5) is 0 Å². The van der Waals surface area contributed by atoms with Crippen LogP contribution in [0.3, 0.4) is 0 Å². The summed E-state index contributed by atoms with van der Waals surface area (Å²) in [5, 5.41) is 8.95. The number of aliphatic carboxylic acids is 1. The summed E-state index contributed by atoms with van der Waals surface area (Å²) in [5.74, 6) is -1.80. The van der Waals surface area contributed by atoms with Gasteiger partial charge in [-0.25, -0.2) is 4.79 Å². The number of carboxylic acid groups (broad SMARTS) is 1. The molecule has 0 aliphatic heterocycles. The molecule has 0 heterocycles. The number of rotatable bonds is 4. The third-order valence-electron chi connectivity index (χ3n) is 1.92. The Labute approximate surface area is 101 Å². The van der Waals surface area contributed by atoms with Gasteiger partial charge < -0.3 is 9.84 Å². The molecule has 86 valence electrons. The standard InChI is InChI=1S/C11H11BrO4/c1-7(13)16-10(11(14)15)9(12)8-5-3-2-4-6-8/h2-6,9-10H,1H3,(H,14,15). The number of alkyl halides is 1. The maximum absolute atomic E-state index is 10.9. The predicted molar refractivity (Wildman–Crippen MR) is 61.3 cm³/mol. The molecule has 0 amide bonds. The van der Waals surface area contributed by atoms with Crippen molar-refractivity contribution in [3.63, 3.8) is 0 Å². The van der Waals surface area contributed by atoms with Crippen molar-refractivity contribution in [3.05, 3.63) is 35.9 Å². The highest BCUT2D eigenvalue weighted by Crippen LogP contribution is 2.28. The molecule has 1 aromatic rings. The molecule has 4 nitrogen and oxygen atoms in total. The van der Waals surface area contributed by atoms with E-state index in [4.69, 9.17) is 9.84 Å². The summed E-state index contributed by atoms with van der Waals surface area (Å²) in [5.41, 5.74) is 0.746. The van der Waals surface area contributed by atoms with Crippen molar-refractivity contribution in [1.82, 2.24) is 0 Å². The second-order valence-corrected chi connectivity index (χ2v) is 4.17. The number of carboxylic acids is 1. The average Bonchev–Trinajstić information content (AvgIpc) is 2.25. The van der Waals surface area contributed by atoms with Crippen molar-refractivity contribution in [2.45, 2.75) is 17.9 Å². The minimum absolute atomic E-state index is 0.560. The quantitative estimate of drug-likeness (QED) is 0.680. The summed E-state index contributed by atoms with van der Waals surface area (Å²) in [6.45, 7) is 1.18. The van der Waals surface area contributed by atoms with Crippen molar-refractivity contribution in [1.29, 1.82) is 0 Å². The molecule has 2 unspecified atom stereocenters. The maximum Gasteiger partial charge on any atom is 0.346 e. The monoisotopic (exact) mass is 286 g/mol. The summed E-state index contributed by atoms with van der Waals surface area (Å²) >= 11 is 3.22. The van der Waals surface area contributed by atoms with E-state index in [9.17, 15) is 9.59 Å². The summed E-state index contributed by atoms with van der Waals surface area (Å²) < 4.78 is 4.74. The summed E-state index contributed by atoms with van der Waals surface area (Å²) in [6, 6.07) is 8.93. The Balaban J connectivity index is 2.87. The van der Waals surface area contributed by atoms with Crippen LogP contribution in [0.5, 0.6) is 0 Å². The SMILES string of the molecule is CC(=O)OC(C(=O)O)C(Br)c1ccccc1. The predicted octanol–water partition coefficient (Wildman–Crippen LogP) is 2.14. The Bertz CT molecular complexity index is 377. The normalized spacial score (nSPS) is 13.9. The fourth-order valence-electron chi connectivity index (χ4n) is 1.23. The molecule has 0 radical (unpaired) electrons. The van der Waals surface area contributed by atoms with E-state index >= 15 is 0 Å². The zero-order valence-electron chi connectivity index (χ0n) is 8.59. The van der Waals surface area contributed by atoms with E-state index in [-0.39, 0.29) is 0 Å². The van der Waals surface area contributed by atoms with Crippen LogP contribution in [-0.4, -0.2) is 23.1 Å². The first-order chi connectivity index (χ1) is 7.52. The summed E-state index contributed by atoms with van der Waals surface area (Å²) in [7, 11) is 0. The molecule has 0 aliphatic carbocycles. The Kier molecular flexibility index (Phi) is 4.49. The van der Waals surface area contributed by atoms with Crippen molar-refractivity contribution in [3.8, 4) is 0 Å². The highest BCUT2D eigenvalue weighted by molar-refractivity contribution is 9.09. The molecule has 0 spiro atoms. The lowest BCUT2D eigenvalue weighted by molar-refractivity contribution is -0.162. The number of hydrogen-bond donors (Lipinski definition) is 1. The Morgan fingerprint density at radius 1 is 1.31 bits per heavy atom. The van der Waals surface area contributed by atoms with Crippen LogP contribution >= 0.6 is 15.9 Å². The number of ether oxygens (including phenoxy) is 1. The molecule has 0 bridgehead atoms. The van der Waals surface area contributed by atoms with Crippen LogP contribution in [0.15, 0.2) is 30.3 Å². The minimum Gasteiger partial charge on any atom is -0.478 e. The maximum atomic E-state index is 10.9. The molecule has 0 saturated heterocycles. The largest absolute Gasteiger partial charge is 0.478 e. The lowest BCUT2D eigenvalue weighted by Gasteiger charge is -2.18. The number of carbonyl (C=O) groups excluding carboxylic acids is 1. The van der Waals surface area contributed by atoms with Crippen LogP contribution in [0.25, 0.3) is 0 Å². The highest BCUT2D eigenvalue weighted by Gasteiger charge is 2.30. The Hall–Kier alpha value is -1.36. The lowest BCUT2D eigenvalue weighted by Crippen LogP contribution is -2.30. The molecule has 16 heavy (non-hydrogen) atoms. The molecule has 1 N–H and O–H groups in total. The molecular weight excluding hydrogens is 276 g/mol. The third kappa shape index (κ3) is 3.34.